The van der Waals surface area contributed by atoms with E-state index in [4.69, 9.17) is 0 Å². The largest absolute Gasteiger partial charge is 0.322 e. The highest BCUT2D eigenvalue weighted by molar-refractivity contribution is 7.92. The van der Waals surface area contributed by atoms with Gasteiger partial charge in [0.1, 0.15) is 11.6 Å². The van der Waals surface area contributed by atoms with E-state index in [0.717, 1.165) is 11.1 Å². The van der Waals surface area contributed by atoms with E-state index < -0.39 is 10.0 Å². The monoisotopic (exact) mass is 410 g/mol. The minimum absolute atomic E-state index is 0.0654. The van der Waals surface area contributed by atoms with Gasteiger partial charge in [-0.1, -0.05) is 6.07 Å². The van der Waals surface area contributed by atoms with Gasteiger partial charge in [-0.05, 0) is 75.2 Å². The average Bonchev–Trinajstić information content (AvgIpc) is 2.63. The molecule has 150 valence electrons. The van der Waals surface area contributed by atoms with Crippen molar-refractivity contribution < 1.29 is 13.2 Å². The maximum Gasteiger partial charge on any atom is 0.263 e. The van der Waals surface area contributed by atoms with E-state index in [9.17, 15) is 13.2 Å². The SMILES string of the molecule is Cc1cc(NS(=O)(=O)c2ccc(NC(=O)c3ccc(C)c(C)c3)cc2)nc(C)n1. The molecule has 0 fully saturated rings. The summed E-state index contributed by atoms with van der Waals surface area (Å²) >= 11 is 0. The number of carbonyl (C=O) groups is 1. The number of sulfonamides is 1. The van der Waals surface area contributed by atoms with Gasteiger partial charge in [0, 0.05) is 23.0 Å². The number of nitrogens with one attached hydrogen (secondary N) is 2. The standard InChI is InChI=1S/C21H22N4O3S/c1-13-5-6-17(11-14(13)2)21(26)24-18-7-9-19(10-8-18)29(27,28)25-20-12-15(3)22-16(4)23-20/h5-12H,1-4H3,(H,24,26)(H,22,23,25). The van der Waals surface area contributed by atoms with E-state index in [0.29, 0.717) is 22.8 Å². The van der Waals surface area contributed by atoms with Crippen LogP contribution >= 0.6 is 0 Å². The lowest BCUT2D eigenvalue weighted by molar-refractivity contribution is 0.102. The summed E-state index contributed by atoms with van der Waals surface area (Å²) in [7, 11) is -3.81. The molecule has 0 atom stereocenters. The van der Waals surface area contributed by atoms with Gasteiger partial charge in [0.25, 0.3) is 15.9 Å². The molecule has 8 heteroatoms. The van der Waals surface area contributed by atoms with E-state index in [1.807, 2.05) is 26.0 Å². The Balaban J connectivity index is 1.74. The minimum Gasteiger partial charge on any atom is -0.322 e. The predicted molar refractivity (Wildman–Crippen MR) is 113 cm³/mol. The highest BCUT2D eigenvalue weighted by Crippen LogP contribution is 2.19. The van der Waals surface area contributed by atoms with E-state index in [1.54, 1.807) is 38.1 Å². The molecule has 0 aliphatic heterocycles. The van der Waals surface area contributed by atoms with Crippen molar-refractivity contribution in [1.82, 2.24) is 9.97 Å². The molecular weight excluding hydrogens is 388 g/mol. The number of hydrogen-bond acceptors (Lipinski definition) is 5. The van der Waals surface area contributed by atoms with Crippen molar-refractivity contribution in [3.05, 3.63) is 76.7 Å². The Labute approximate surface area is 170 Å². The molecule has 1 heterocycles. The number of anilines is 2. The van der Waals surface area contributed by atoms with Crippen LogP contribution in [-0.4, -0.2) is 24.3 Å². The van der Waals surface area contributed by atoms with Crippen molar-refractivity contribution in [2.75, 3.05) is 10.0 Å². The third kappa shape index (κ3) is 4.97. The van der Waals surface area contributed by atoms with Gasteiger partial charge in [0.2, 0.25) is 0 Å². The van der Waals surface area contributed by atoms with E-state index in [-0.39, 0.29) is 16.6 Å². The third-order valence-electron chi connectivity index (χ3n) is 4.40. The van der Waals surface area contributed by atoms with Gasteiger partial charge >= 0.3 is 0 Å². The van der Waals surface area contributed by atoms with Gasteiger partial charge in [-0.15, -0.1) is 0 Å². The smallest absolute Gasteiger partial charge is 0.263 e. The van der Waals surface area contributed by atoms with Crippen molar-refractivity contribution in [3.8, 4) is 0 Å². The normalized spacial score (nSPS) is 11.2. The van der Waals surface area contributed by atoms with Crippen LogP contribution in [0.3, 0.4) is 0 Å². The van der Waals surface area contributed by atoms with Crippen LogP contribution in [0.25, 0.3) is 0 Å². The van der Waals surface area contributed by atoms with Gasteiger partial charge in [0.05, 0.1) is 4.90 Å². The van der Waals surface area contributed by atoms with Crippen LogP contribution in [0.1, 0.15) is 33.0 Å². The molecule has 2 aromatic carbocycles. The summed E-state index contributed by atoms with van der Waals surface area (Å²) in [6.07, 6.45) is 0. The molecule has 0 spiro atoms. The highest BCUT2D eigenvalue weighted by Gasteiger charge is 2.16. The Morgan fingerprint density at radius 1 is 0.862 bits per heavy atom. The molecule has 29 heavy (non-hydrogen) atoms. The summed E-state index contributed by atoms with van der Waals surface area (Å²) in [6, 6.07) is 13.0. The molecule has 0 aliphatic carbocycles. The Morgan fingerprint density at radius 3 is 2.17 bits per heavy atom. The lowest BCUT2D eigenvalue weighted by atomic mass is 10.1. The second kappa shape index (κ2) is 8.00. The summed E-state index contributed by atoms with van der Waals surface area (Å²) in [5, 5.41) is 2.77. The van der Waals surface area contributed by atoms with Crippen molar-refractivity contribution in [2.24, 2.45) is 0 Å². The van der Waals surface area contributed by atoms with Gasteiger partial charge in [-0.3, -0.25) is 9.52 Å². The zero-order chi connectivity index (χ0) is 21.2. The number of hydrogen-bond donors (Lipinski definition) is 2. The van der Waals surface area contributed by atoms with E-state index in [2.05, 4.69) is 20.0 Å². The van der Waals surface area contributed by atoms with Gasteiger partial charge < -0.3 is 5.32 Å². The Kier molecular flexibility index (Phi) is 5.65. The van der Waals surface area contributed by atoms with Crippen molar-refractivity contribution in [1.29, 1.82) is 0 Å². The fraction of sp³-hybridized carbons (Fsp3) is 0.190. The average molecular weight is 410 g/mol. The van der Waals surface area contributed by atoms with Gasteiger partial charge in [0.15, 0.2) is 0 Å². The minimum atomic E-state index is -3.81. The molecule has 1 amide bonds. The summed E-state index contributed by atoms with van der Waals surface area (Å²) in [6.45, 7) is 7.38. The summed E-state index contributed by atoms with van der Waals surface area (Å²) in [5.74, 6) is 0.433. The summed E-state index contributed by atoms with van der Waals surface area (Å²) in [5.41, 5.74) is 3.85. The number of carbonyl (C=O) groups excluding carboxylic acids is 1. The van der Waals surface area contributed by atoms with Crippen LogP contribution in [0.15, 0.2) is 53.4 Å². The first kappa shape index (κ1) is 20.5. The van der Waals surface area contributed by atoms with E-state index >= 15 is 0 Å². The molecule has 0 saturated carbocycles. The van der Waals surface area contributed by atoms with Crippen LogP contribution in [0, 0.1) is 27.7 Å². The third-order valence-corrected chi connectivity index (χ3v) is 5.77. The molecule has 0 aliphatic rings. The molecule has 0 unspecified atom stereocenters. The molecule has 7 nitrogen and oxygen atoms in total. The first-order valence-corrected chi connectivity index (χ1v) is 10.5. The molecule has 1 aromatic heterocycles. The van der Waals surface area contributed by atoms with Crippen LogP contribution in [0.2, 0.25) is 0 Å². The van der Waals surface area contributed by atoms with Crippen LogP contribution in [-0.2, 0) is 10.0 Å². The quantitative estimate of drug-likeness (QED) is 0.667. The maximum atomic E-state index is 12.6. The number of rotatable bonds is 5. The van der Waals surface area contributed by atoms with Crippen molar-refractivity contribution >= 4 is 27.4 Å². The van der Waals surface area contributed by atoms with Crippen LogP contribution in [0.4, 0.5) is 11.5 Å². The second-order valence-corrected chi connectivity index (χ2v) is 8.51. The molecule has 3 aromatic rings. The maximum absolute atomic E-state index is 12.6. The number of aromatic nitrogens is 2. The first-order chi connectivity index (χ1) is 13.6. The number of benzene rings is 2. The number of amides is 1. The van der Waals surface area contributed by atoms with Gasteiger partial charge in [-0.25, -0.2) is 18.4 Å². The zero-order valence-corrected chi connectivity index (χ0v) is 17.5. The molecule has 0 radical (unpaired) electrons. The fourth-order valence-corrected chi connectivity index (χ4v) is 3.76. The van der Waals surface area contributed by atoms with Crippen LogP contribution in [0.5, 0.6) is 0 Å². The van der Waals surface area contributed by atoms with Crippen molar-refractivity contribution in [2.45, 2.75) is 32.6 Å². The highest BCUT2D eigenvalue weighted by atomic mass is 32.2. The summed E-state index contributed by atoms with van der Waals surface area (Å²) < 4.78 is 27.6. The number of nitrogens with zero attached hydrogens (tertiary/aromatic N) is 2. The lowest BCUT2D eigenvalue weighted by Gasteiger charge is -2.10. The topological polar surface area (TPSA) is 101 Å². The van der Waals surface area contributed by atoms with E-state index in [1.165, 1.54) is 12.1 Å². The lowest BCUT2D eigenvalue weighted by Crippen LogP contribution is -2.15. The fourth-order valence-electron chi connectivity index (χ4n) is 2.77. The molecule has 0 bridgehead atoms. The second-order valence-electron chi connectivity index (χ2n) is 6.82. The molecule has 3 rings (SSSR count). The summed E-state index contributed by atoms with van der Waals surface area (Å²) in [4.78, 5) is 20.7. The van der Waals surface area contributed by atoms with Gasteiger partial charge in [-0.2, -0.15) is 0 Å². The molecular formula is C21H22N4O3S. The molecule has 0 saturated heterocycles. The number of aryl methyl sites for hydroxylation is 4. The van der Waals surface area contributed by atoms with Crippen LogP contribution < -0.4 is 10.0 Å². The molecule has 2 N–H and O–H groups in total. The van der Waals surface area contributed by atoms with Crippen molar-refractivity contribution in [3.63, 3.8) is 0 Å². The predicted octanol–water partition coefficient (Wildman–Crippen LogP) is 3.76. The zero-order valence-electron chi connectivity index (χ0n) is 16.6. The first-order valence-electron chi connectivity index (χ1n) is 8.98. The Bertz CT molecular complexity index is 1150. The Morgan fingerprint density at radius 2 is 1.55 bits per heavy atom. The Hall–Kier alpha value is -3.26.